The topological polar surface area (TPSA) is 107 Å². The highest BCUT2D eigenvalue weighted by molar-refractivity contribution is 7.92. The third-order valence-electron chi connectivity index (χ3n) is 5.00. The fraction of sp³-hybridized carbons (Fsp3) is 0.154. The molecule has 0 aliphatic carbocycles. The number of carbonyl (C=O) groups excluding carboxylic acids is 1. The van der Waals surface area contributed by atoms with Crippen molar-refractivity contribution >= 4 is 27.8 Å². The average Bonchev–Trinajstić information content (AvgIpc) is 2.91. The van der Waals surface area contributed by atoms with Crippen LogP contribution in [0, 0.1) is 5.82 Å². The number of ether oxygens (including phenoxy) is 3. The highest BCUT2D eigenvalue weighted by Gasteiger charge is 2.28. The summed E-state index contributed by atoms with van der Waals surface area (Å²) in [5.41, 5.74) is 3.09. The average molecular weight is 528 g/mol. The van der Waals surface area contributed by atoms with Gasteiger partial charge in [-0.2, -0.15) is 5.10 Å². The molecule has 3 aromatic carbocycles. The van der Waals surface area contributed by atoms with E-state index in [1.54, 1.807) is 30.3 Å². The Morgan fingerprint density at radius 2 is 1.70 bits per heavy atom. The van der Waals surface area contributed by atoms with Crippen LogP contribution in [0.1, 0.15) is 5.56 Å². The van der Waals surface area contributed by atoms with Crippen molar-refractivity contribution in [3.05, 3.63) is 90.8 Å². The minimum absolute atomic E-state index is 0.0884. The zero-order valence-corrected chi connectivity index (χ0v) is 21.1. The number of amides is 1. The van der Waals surface area contributed by atoms with E-state index in [9.17, 15) is 17.6 Å². The second kappa shape index (κ2) is 12.5. The number of methoxy groups -OCH3 is 2. The molecular weight excluding hydrogens is 501 g/mol. The van der Waals surface area contributed by atoms with Gasteiger partial charge >= 0.3 is 0 Å². The van der Waals surface area contributed by atoms with E-state index in [0.29, 0.717) is 23.7 Å². The maximum atomic E-state index is 13.5. The molecule has 9 nitrogen and oxygen atoms in total. The van der Waals surface area contributed by atoms with Gasteiger partial charge in [0.25, 0.3) is 15.9 Å². The molecule has 3 rings (SSSR count). The SMILES string of the molecule is C=CCOc1ccc(/C=N\NC(=O)CN(c2ccc(F)cc2)S(=O)(=O)c2ccc(OC)c(OC)c2)cc1. The molecule has 0 fully saturated rings. The van der Waals surface area contributed by atoms with E-state index >= 15 is 0 Å². The van der Waals surface area contributed by atoms with E-state index in [0.717, 1.165) is 16.4 Å². The molecule has 194 valence electrons. The lowest BCUT2D eigenvalue weighted by molar-refractivity contribution is -0.119. The molecule has 11 heteroatoms. The van der Waals surface area contributed by atoms with Gasteiger partial charge in [0, 0.05) is 6.07 Å². The van der Waals surface area contributed by atoms with Crippen LogP contribution >= 0.6 is 0 Å². The van der Waals surface area contributed by atoms with Crippen molar-refractivity contribution in [3.63, 3.8) is 0 Å². The Bertz CT molecular complexity index is 1360. The van der Waals surface area contributed by atoms with Crippen LogP contribution < -0.4 is 23.9 Å². The Labute approximate surface area is 214 Å². The van der Waals surface area contributed by atoms with Crippen LogP contribution in [0.5, 0.6) is 17.2 Å². The lowest BCUT2D eigenvalue weighted by Gasteiger charge is -2.24. The van der Waals surface area contributed by atoms with Gasteiger partial charge in [-0.3, -0.25) is 9.10 Å². The lowest BCUT2D eigenvalue weighted by Crippen LogP contribution is -2.39. The largest absolute Gasteiger partial charge is 0.493 e. The van der Waals surface area contributed by atoms with E-state index in [4.69, 9.17) is 14.2 Å². The van der Waals surface area contributed by atoms with E-state index in [2.05, 4.69) is 17.1 Å². The number of anilines is 1. The van der Waals surface area contributed by atoms with Crippen LogP contribution in [0.15, 0.2) is 89.4 Å². The fourth-order valence-corrected chi connectivity index (χ4v) is 4.61. The van der Waals surface area contributed by atoms with Crippen molar-refractivity contribution in [2.45, 2.75) is 4.90 Å². The standard InChI is InChI=1S/C26H26FN3O6S/c1-4-15-36-22-11-5-19(6-12-22)17-28-29-26(31)18-30(21-9-7-20(27)8-10-21)37(32,33)23-13-14-24(34-2)25(16-23)35-3/h4-14,16-17H,1,15,18H2,2-3H3,(H,29,31)/b28-17-. The molecule has 0 radical (unpaired) electrons. The molecule has 0 saturated carbocycles. The van der Waals surface area contributed by atoms with Crippen LogP contribution in [-0.2, 0) is 14.8 Å². The van der Waals surface area contributed by atoms with E-state index in [1.807, 2.05) is 0 Å². The second-order valence-electron chi connectivity index (χ2n) is 7.47. The Hall–Kier alpha value is -4.38. The number of hydrogen-bond donors (Lipinski definition) is 1. The number of sulfonamides is 1. The third kappa shape index (κ3) is 7.07. The maximum absolute atomic E-state index is 13.5. The number of hydrazone groups is 1. The minimum atomic E-state index is -4.27. The normalized spacial score (nSPS) is 11.1. The molecule has 1 N–H and O–H groups in total. The number of nitrogens with one attached hydrogen (secondary N) is 1. The van der Waals surface area contributed by atoms with E-state index in [-0.39, 0.29) is 16.3 Å². The molecule has 0 unspecified atom stereocenters. The number of halogens is 1. The molecular formula is C26H26FN3O6S. The summed E-state index contributed by atoms with van der Waals surface area (Å²) in [5.74, 6) is -0.0890. The molecule has 37 heavy (non-hydrogen) atoms. The van der Waals surface area contributed by atoms with Crippen molar-refractivity contribution < 1.29 is 31.8 Å². The monoisotopic (exact) mass is 527 g/mol. The summed E-state index contributed by atoms with van der Waals surface area (Å²) in [4.78, 5) is 12.5. The van der Waals surface area contributed by atoms with Gasteiger partial charge in [-0.1, -0.05) is 12.7 Å². The maximum Gasteiger partial charge on any atom is 0.264 e. The molecule has 1 amide bonds. The summed E-state index contributed by atoms with van der Waals surface area (Å²) in [7, 11) is -1.47. The quantitative estimate of drug-likeness (QED) is 0.218. The van der Waals surface area contributed by atoms with E-state index in [1.165, 1.54) is 50.8 Å². The summed E-state index contributed by atoms with van der Waals surface area (Å²) in [6.45, 7) is 3.34. The molecule has 0 saturated heterocycles. The Morgan fingerprint density at radius 1 is 1.03 bits per heavy atom. The van der Waals surface area contributed by atoms with Gasteiger partial charge in [-0.15, -0.1) is 0 Å². The van der Waals surface area contributed by atoms with Gasteiger partial charge < -0.3 is 14.2 Å². The Morgan fingerprint density at radius 3 is 2.32 bits per heavy atom. The van der Waals surface area contributed by atoms with Gasteiger partial charge in [0.15, 0.2) is 11.5 Å². The lowest BCUT2D eigenvalue weighted by atomic mass is 10.2. The summed E-state index contributed by atoms with van der Waals surface area (Å²) < 4.78 is 57.2. The molecule has 0 aliphatic rings. The Balaban J connectivity index is 1.81. The molecule has 3 aromatic rings. The third-order valence-corrected chi connectivity index (χ3v) is 6.77. The van der Waals surface area contributed by atoms with Gasteiger partial charge in [-0.05, 0) is 66.2 Å². The fourth-order valence-electron chi connectivity index (χ4n) is 3.18. The van der Waals surface area contributed by atoms with Crippen LogP contribution in [0.2, 0.25) is 0 Å². The molecule has 0 aliphatic heterocycles. The van der Waals surface area contributed by atoms with Gasteiger partial charge in [-0.25, -0.2) is 18.2 Å². The van der Waals surface area contributed by atoms with Crippen molar-refractivity contribution in [3.8, 4) is 17.2 Å². The Kier molecular flexibility index (Phi) is 9.22. The van der Waals surface area contributed by atoms with Gasteiger partial charge in [0.05, 0.1) is 31.0 Å². The summed E-state index contributed by atoms with van der Waals surface area (Å²) in [6.07, 6.45) is 3.03. The van der Waals surface area contributed by atoms with E-state index < -0.39 is 28.3 Å². The van der Waals surface area contributed by atoms with Gasteiger partial charge in [0.1, 0.15) is 24.7 Å². The van der Waals surface area contributed by atoms with Crippen molar-refractivity contribution in [2.24, 2.45) is 5.10 Å². The summed E-state index contributed by atoms with van der Waals surface area (Å²) in [6, 6.07) is 15.7. The van der Waals surface area contributed by atoms with Crippen molar-refractivity contribution in [1.82, 2.24) is 5.43 Å². The number of rotatable bonds is 12. The second-order valence-corrected chi connectivity index (χ2v) is 9.33. The van der Waals surface area contributed by atoms with Crippen LogP contribution in [0.4, 0.5) is 10.1 Å². The highest BCUT2D eigenvalue weighted by Crippen LogP contribution is 2.32. The van der Waals surface area contributed by atoms with Crippen molar-refractivity contribution in [2.75, 3.05) is 31.7 Å². The summed E-state index contributed by atoms with van der Waals surface area (Å²) in [5, 5.41) is 3.90. The minimum Gasteiger partial charge on any atom is -0.493 e. The number of carbonyl (C=O) groups is 1. The molecule has 0 heterocycles. The molecule has 0 spiro atoms. The van der Waals surface area contributed by atoms with Crippen LogP contribution in [0.3, 0.4) is 0 Å². The number of benzene rings is 3. The predicted octanol–water partition coefficient (Wildman–Crippen LogP) is 3.75. The first-order valence-corrected chi connectivity index (χ1v) is 12.4. The molecule has 0 bridgehead atoms. The smallest absolute Gasteiger partial charge is 0.264 e. The molecule has 0 aromatic heterocycles. The predicted molar refractivity (Wildman–Crippen MR) is 138 cm³/mol. The van der Waals surface area contributed by atoms with Crippen molar-refractivity contribution in [1.29, 1.82) is 0 Å². The number of nitrogens with zero attached hydrogens (tertiary/aromatic N) is 2. The first-order chi connectivity index (χ1) is 17.8. The first-order valence-electron chi connectivity index (χ1n) is 10.9. The zero-order chi connectivity index (χ0) is 26.8. The number of hydrogen-bond acceptors (Lipinski definition) is 7. The summed E-state index contributed by atoms with van der Waals surface area (Å²) >= 11 is 0. The van der Waals surface area contributed by atoms with Gasteiger partial charge in [0.2, 0.25) is 0 Å². The molecule has 0 atom stereocenters. The highest BCUT2D eigenvalue weighted by atomic mass is 32.2. The zero-order valence-electron chi connectivity index (χ0n) is 20.3. The van der Waals surface area contributed by atoms with Crippen LogP contribution in [0.25, 0.3) is 0 Å². The van der Waals surface area contributed by atoms with Crippen LogP contribution in [-0.4, -0.2) is 47.9 Å². The first kappa shape index (κ1) is 27.2.